The number of fused-ring (bicyclic) bond motifs is 1. The molecule has 1 aliphatic heterocycles. The number of benzene rings is 3. The van der Waals surface area contributed by atoms with Crippen molar-refractivity contribution < 1.29 is 18.9 Å². The van der Waals surface area contributed by atoms with Crippen molar-refractivity contribution >= 4 is 27.4 Å². The minimum atomic E-state index is -0.419. The largest absolute Gasteiger partial charge is 0.382 e. The van der Waals surface area contributed by atoms with Gasteiger partial charge in [-0.2, -0.15) is 0 Å². The Morgan fingerprint density at radius 2 is 1.30 bits per heavy atom. The van der Waals surface area contributed by atoms with Gasteiger partial charge < -0.3 is 24.7 Å². The second-order valence-electron chi connectivity index (χ2n) is 9.75. The molecule has 6 rings (SSSR count). The number of thiophene rings is 1. The second kappa shape index (κ2) is 12.7. The third-order valence-electron chi connectivity index (χ3n) is 6.99. The summed E-state index contributed by atoms with van der Waals surface area (Å²) in [6, 6.07) is 30.4. The monoisotopic (exact) mass is 553 g/mol. The molecule has 0 aliphatic carbocycles. The number of hydrogen-bond acceptors (Lipinski definition) is 8. The van der Waals surface area contributed by atoms with Crippen LogP contribution in [0.2, 0.25) is 0 Å². The minimum absolute atomic E-state index is 0.354. The minimum Gasteiger partial charge on any atom is -0.382 e. The molecule has 40 heavy (non-hydrogen) atoms. The molecular weight excluding hydrogens is 522 g/mol. The number of hydrogen-bond donors (Lipinski definition) is 1. The maximum Gasteiger partial charge on any atom is 0.144 e. The van der Waals surface area contributed by atoms with Crippen molar-refractivity contribution in [3.05, 3.63) is 125 Å². The number of aromatic nitrogens is 2. The van der Waals surface area contributed by atoms with Gasteiger partial charge in [0.2, 0.25) is 0 Å². The van der Waals surface area contributed by atoms with E-state index < -0.39 is 12.2 Å². The van der Waals surface area contributed by atoms with Gasteiger partial charge in [-0.05, 0) is 22.1 Å². The number of nitrogens with two attached hydrogens (primary N) is 1. The Hall–Kier alpha value is -3.66. The molecule has 2 N–H and O–H groups in total. The molecule has 3 heterocycles. The quantitative estimate of drug-likeness (QED) is 0.211. The Morgan fingerprint density at radius 3 is 1.93 bits per heavy atom. The molecule has 2 aromatic heterocycles. The first kappa shape index (κ1) is 26.6. The molecule has 7 nitrogen and oxygen atoms in total. The summed E-state index contributed by atoms with van der Waals surface area (Å²) in [5.74, 6) is 0.459. The van der Waals surface area contributed by atoms with Crippen LogP contribution in [-0.2, 0) is 38.8 Å². The number of nitrogens with zero attached hydrogens (tertiary/aromatic N) is 2. The third-order valence-corrected chi connectivity index (χ3v) is 8.00. The summed E-state index contributed by atoms with van der Waals surface area (Å²) >= 11 is 1.51. The van der Waals surface area contributed by atoms with Crippen LogP contribution in [0.1, 0.15) is 28.4 Å². The predicted octanol–water partition coefficient (Wildman–Crippen LogP) is 6.10. The van der Waals surface area contributed by atoms with Crippen molar-refractivity contribution in [3.63, 3.8) is 0 Å². The fraction of sp³-hybridized carbons (Fsp3) is 0.250. The Labute approximate surface area is 237 Å². The molecule has 0 unspecified atom stereocenters. The van der Waals surface area contributed by atoms with E-state index in [0.29, 0.717) is 32.2 Å². The van der Waals surface area contributed by atoms with Gasteiger partial charge in [0.25, 0.3) is 0 Å². The Balaban J connectivity index is 1.29. The molecule has 0 amide bonds. The van der Waals surface area contributed by atoms with E-state index >= 15 is 0 Å². The molecule has 204 valence electrons. The van der Waals surface area contributed by atoms with Crippen LogP contribution in [-0.4, -0.2) is 34.9 Å². The van der Waals surface area contributed by atoms with E-state index in [0.717, 1.165) is 32.5 Å². The molecule has 8 heteroatoms. The summed E-state index contributed by atoms with van der Waals surface area (Å²) in [6.07, 6.45) is -0.0563. The fourth-order valence-electron chi connectivity index (χ4n) is 4.99. The zero-order chi connectivity index (χ0) is 27.1. The highest BCUT2D eigenvalue weighted by Gasteiger charge is 2.48. The smallest absolute Gasteiger partial charge is 0.144 e. The average Bonchev–Trinajstić information content (AvgIpc) is 3.58. The predicted molar refractivity (Wildman–Crippen MR) is 156 cm³/mol. The highest BCUT2D eigenvalue weighted by atomic mass is 32.1. The average molecular weight is 554 g/mol. The van der Waals surface area contributed by atoms with Crippen molar-refractivity contribution in [2.24, 2.45) is 0 Å². The summed E-state index contributed by atoms with van der Waals surface area (Å²) in [6.45, 7) is 1.70. The number of anilines is 1. The maximum absolute atomic E-state index is 6.72. The van der Waals surface area contributed by atoms with E-state index in [1.54, 1.807) is 0 Å². The van der Waals surface area contributed by atoms with E-state index in [-0.39, 0.29) is 12.2 Å². The third kappa shape index (κ3) is 6.06. The standard InChI is InChI=1S/C32H31N3O4S/c33-32-31-27(34-21-35-32)25(20-40-31)28-30(38-18-24-14-8-3-9-15-24)29(37-17-23-12-6-2-7-13-23)26(39-28)19-36-16-22-10-4-1-5-11-22/h1-15,20-21,26,28-30H,16-19H2,(H2,33,34,35)/t26-,28+,29-,30+/m1/s1. The van der Waals surface area contributed by atoms with E-state index in [1.807, 2.05) is 60.0 Å². The number of ether oxygens (including phenoxy) is 4. The van der Waals surface area contributed by atoms with Gasteiger partial charge in [-0.15, -0.1) is 11.3 Å². The van der Waals surface area contributed by atoms with Gasteiger partial charge >= 0.3 is 0 Å². The molecule has 4 atom stereocenters. The number of rotatable bonds is 11. The lowest BCUT2D eigenvalue weighted by Crippen LogP contribution is -2.37. The second-order valence-corrected chi connectivity index (χ2v) is 10.6. The first-order valence-electron chi connectivity index (χ1n) is 13.3. The summed E-state index contributed by atoms with van der Waals surface area (Å²) < 4.78 is 26.9. The molecule has 1 saturated heterocycles. The number of nitrogen functional groups attached to an aromatic ring is 1. The molecule has 0 bridgehead atoms. The van der Waals surface area contributed by atoms with Crippen LogP contribution in [0.3, 0.4) is 0 Å². The van der Waals surface area contributed by atoms with E-state index in [4.69, 9.17) is 24.7 Å². The highest BCUT2D eigenvalue weighted by Crippen LogP contribution is 2.43. The van der Waals surface area contributed by atoms with E-state index in [1.165, 1.54) is 17.7 Å². The van der Waals surface area contributed by atoms with Gasteiger partial charge in [-0.25, -0.2) is 9.97 Å². The van der Waals surface area contributed by atoms with Crippen LogP contribution in [0.15, 0.2) is 103 Å². The molecule has 0 saturated carbocycles. The van der Waals surface area contributed by atoms with E-state index in [9.17, 15) is 0 Å². The highest BCUT2D eigenvalue weighted by molar-refractivity contribution is 7.18. The van der Waals surface area contributed by atoms with Crippen LogP contribution < -0.4 is 5.73 Å². The van der Waals surface area contributed by atoms with Crippen molar-refractivity contribution in [1.82, 2.24) is 9.97 Å². The molecule has 0 radical (unpaired) electrons. The lowest BCUT2D eigenvalue weighted by atomic mass is 10.0. The van der Waals surface area contributed by atoms with Gasteiger partial charge in [-0.3, -0.25) is 0 Å². The van der Waals surface area contributed by atoms with Crippen molar-refractivity contribution in [3.8, 4) is 0 Å². The van der Waals surface area contributed by atoms with Gasteiger partial charge in [0, 0.05) is 5.56 Å². The molecule has 0 spiro atoms. The van der Waals surface area contributed by atoms with Crippen molar-refractivity contribution in [1.29, 1.82) is 0 Å². The Morgan fingerprint density at radius 1 is 0.725 bits per heavy atom. The maximum atomic E-state index is 6.72. The lowest BCUT2D eigenvalue weighted by Gasteiger charge is -2.25. The van der Waals surface area contributed by atoms with Crippen LogP contribution in [0.4, 0.5) is 5.82 Å². The normalized spacial score (nSPS) is 20.7. The summed E-state index contributed by atoms with van der Waals surface area (Å²) in [5.41, 5.74) is 11.1. The van der Waals surface area contributed by atoms with Crippen LogP contribution in [0.5, 0.6) is 0 Å². The first-order chi connectivity index (χ1) is 19.8. The van der Waals surface area contributed by atoms with Crippen molar-refractivity contribution in [2.45, 2.75) is 44.2 Å². The van der Waals surface area contributed by atoms with Gasteiger partial charge in [-0.1, -0.05) is 91.0 Å². The molecule has 1 fully saturated rings. The summed E-state index contributed by atoms with van der Waals surface area (Å²) in [7, 11) is 0. The molecule has 1 aliphatic rings. The SMILES string of the molecule is Nc1ncnc2c([C@@H]3O[C@H](COCc4ccccc4)[C@@H](OCc4ccccc4)[C@H]3OCc3ccccc3)csc12. The first-order valence-corrected chi connectivity index (χ1v) is 14.2. The van der Waals surface area contributed by atoms with Crippen LogP contribution in [0.25, 0.3) is 10.2 Å². The lowest BCUT2D eigenvalue weighted by molar-refractivity contribution is -0.0898. The van der Waals surface area contributed by atoms with Crippen LogP contribution in [0, 0.1) is 0 Å². The zero-order valence-corrected chi connectivity index (χ0v) is 22.8. The fourth-order valence-corrected chi connectivity index (χ4v) is 5.93. The molecule has 3 aromatic carbocycles. The van der Waals surface area contributed by atoms with Crippen LogP contribution >= 0.6 is 11.3 Å². The molecular formula is C32H31N3O4S. The Kier molecular flexibility index (Phi) is 8.42. The topological polar surface area (TPSA) is 88.7 Å². The van der Waals surface area contributed by atoms with Gasteiger partial charge in [0.15, 0.2) is 0 Å². The van der Waals surface area contributed by atoms with Gasteiger partial charge in [0.05, 0.1) is 36.6 Å². The summed E-state index contributed by atoms with van der Waals surface area (Å²) in [4.78, 5) is 8.72. The zero-order valence-electron chi connectivity index (χ0n) is 22.0. The molecule has 5 aromatic rings. The summed E-state index contributed by atoms with van der Waals surface area (Å²) in [5, 5.41) is 2.04. The van der Waals surface area contributed by atoms with E-state index in [2.05, 4.69) is 46.4 Å². The Bertz CT molecular complexity index is 1500. The van der Waals surface area contributed by atoms with Crippen molar-refractivity contribution in [2.75, 3.05) is 12.3 Å². The van der Waals surface area contributed by atoms with Gasteiger partial charge in [0.1, 0.15) is 36.6 Å².